The van der Waals surface area contributed by atoms with E-state index in [4.69, 9.17) is 33.2 Å². The monoisotopic (exact) mass is 829 g/mol. The number of carbonyl (C=O) groups is 4. The number of ketones is 3. The number of rotatable bonds is 9. The molecule has 0 amide bonds. The van der Waals surface area contributed by atoms with Crippen LogP contribution in [0.4, 0.5) is 0 Å². The van der Waals surface area contributed by atoms with E-state index in [1.807, 2.05) is 19.0 Å². The molecule has 0 bridgehead atoms. The highest BCUT2D eigenvalue weighted by Gasteiger charge is 2.54. The highest BCUT2D eigenvalue weighted by Crippen LogP contribution is 2.54. The van der Waals surface area contributed by atoms with Crippen LogP contribution in [-0.4, -0.2) is 154 Å². The Balaban J connectivity index is 1.14. The lowest BCUT2D eigenvalue weighted by atomic mass is 9.66. The van der Waals surface area contributed by atoms with Crippen molar-refractivity contribution in [2.24, 2.45) is 0 Å². The number of phenols is 1. The van der Waals surface area contributed by atoms with Gasteiger partial charge in [-0.3, -0.25) is 19.2 Å². The molecular formula is C42H55NO16. The zero-order valence-corrected chi connectivity index (χ0v) is 34.2. The van der Waals surface area contributed by atoms with Gasteiger partial charge in [0.05, 0.1) is 42.7 Å². The number of nitrogens with zero attached hydrogens (tertiary/aromatic N) is 1. The summed E-state index contributed by atoms with van der Waals surface area (Å²) in [7, 11) is 4.87. The summed E-state index contributed by atoms with van der Waals surface area (Å²) in [5, 5.41) is 56.7. The number of methoxy groups -OCH3 is 1. The minimum atomic E-state index is -1.80. The van der Waals surface area contributed by atoms with Crippen molar-refractivity contribution in [3.8, 4) is 5.75 Å². The Labute approximate surface area is 341 Å². The number of carbonyl (C=O) groups excluding carboxylic acids is 4. The summed E-state index contributed by atoms with van der Waals surface area (Å²) in [6.07, 6.45) is -7.56. The van der Waals surface area contributed by atoms with Gasteiger partial charge in [0.25, 0.3) is 0 Å². The lowest BCUT2D eigenvalue weighted by Crippen LogP contribution is -2.58. The normalized spacial score (nSPS) is 39.8. The molecule has 1 aromatic rings. The molecule has 6 aliphatic rings. The van der Waals surface area contributed by atoms with Crippen LogP contribution in [0.2, 0.25) is 0 Å². The van der Waals surface area contributed by atoms with Gasteiger partial charge in [0, 0.05) is 60.4 Å². The Kier molecular flexibility index (Phi) is 12.4. The predicted octanol–water partition coefficient (Wildman–Crippen LogP) is 1.64. The smallest absolute Gasteiger partial charge is 0.316 e. The summed E-state index contributed by atoms with van der Waals surface area (Å²) in [6, 6.07) is 0.910. The van der Waals surface area contributed by atoms with Crippen LogP contribution in [-0.2, 0) is 42.7 Å². The van der Waals surface area contributed by atoms with Gasteiger partial charge in [-0.15, -0.1) is 0 Å². The number of likely N-dealkylation sites (N-methyl/N-ethyl adjacent to an activating group) is 1. The fourth-order valence-corrected chi connectivity index (χ4v) is 9.55. The second-order valence-corrected chi connectivity index (χ2v) is 16.7. The van der Waals surface area contributed by atoms with E-state index in [0.717, 1.165) is 7.11 Å². The molecule has 3 fully saturated rings. The molecule has 3 saturated heterocycles. The van der Waals surface area contributed by atoms with Crippen LogP contribution < -0.4 is 0 Å². The van der Waals surface area contributed by atoms with Crippen LogP contribution in [0.25, 0.3) is 0 Å². The molecule has 3 heterocycles. The number of aliphatic hydroxyl groups excluding tert-OH is 3. The van der Waals surface area contributed by atoms with E-state index < -0.39 is 114 Å². The number of hydrogen-bond donors (Lipinski definition) is 5. The van der Waals surface area contributed by atoms with E-state index in [1.165, 1.54) is 18.2 Å². The number of fused-ring (bicyclic) bond motifs is 2. The first kappa shape index (κ1) is 43.6. The summed E-state index contributed by atoms with van der Waals surface area (Å²) >= 11 is 0. The summed E-state index contributed by atoms with van der Waals surface area (Å²) in [5.41, 5.74) is -3.23. The summed E-state index contributed by atoms with van der Waals surface area (Å²) in [4.78, 5) is 55.2. The van der Waals surface area contributed by atoms with E-state index in [9.17, 15) is 44.7 Å². The van der Waals surface area contributed by atoms with Gasteiger partial charge in [-0.2, -0.15) is 0 Å². The van der Waals surface area contributed by atoms with Gasteiger partial charge in [-0.1, -0.05) is 19.1 Å². The first-order chi connectivity index (χ1) is 27.9. The number of ether oxygens (including phenoxy) is 7. The van der Waals surface area contributed by atoms with Crippen molar-refractivity contribution in [1.82, 2.24) is 4.90 Å². The van der Waals surface area contributed by atoms with E-state index >= 15 is 0 Å². The number of hydrogen-bond acceptors (Lipinski definition) is 17. The lowest BCUT2D eigenvalue weighted by Gasteiger charge is -2.48. The largest absolute Gasteiger partial charge is 0.507 e. The van der Waals surface area contributed by atoms with Gasteiger partial charge < -0.3 is 63.6 Å². The van der Waals surface area contributed by atoms with Gasteiger partial charge in [0.1, 0.15) is 42.2 Å². The SMILES string of the molecule is CC[C@@]1(O)C[C@H](O[C@H]2C[C@H](N(C)C)[C@H](O[C@H]3C[C@H](O)[C@H](O[C@H]4CCC(=O)[C@H](C)O4)[C@H](C)O3)[C@H](C)O2)c2c(cc3c(c2O)C(=O)C2=C(C3=O)C(O)C=CC2O)[C@H]1C(=O)OC. The Morgan fingerprint density at radius 2 is 1.49 bits per heavy atom. The first-order valence-corrected chi connectivity index (χ1v) is 20.3. The summed E-state index contributed by atoms with van der Waals surface area (Å²) in [5.74, 6) is -4.60. The molecule has 7 rings (SSSR count). The Morgan fingerprint density at radius 3 is 2.08 bits per heavy atom. The molecule has 0 aromatic heterocycles. The van der Waals surface area contributed by atoms with Crippen LogP contribution in [0.15, 0.2) is 29.4 Å². The van der Waals surface area contributed by atoms with Gasteiger partial charge in [0.15, 0.2) is 36.2 Å². The van der Waals surface area contributed by atoms with Gasteiger partial charge in [0.2, 0.25) is 0 Å². The third-order valence-corrected chi connectivity index (χ3v) is 12.8. The number of aliphatic hydroxyl groups is 4. The number of aromatic hydroxyl groups is 1. The van der Waals surface area contributed by atoms with E-state index in [1.54, 1.807) is 27.7 Å². The third kappa shape index (κ3) is 7.84. The van der Waals surface area contributed by atoms with Gasteiger partial charge in [-0.05, 0) is 52.9 Å². The molecule has 59 heavy (non-hydrogen) atoms. The van der Waals surface area contributed by atoms with Crippen molar-refractivity contribution in [2.75, 3.05) is 21.2 Å². The first-order valence-electron chi connectivity index (χ1n) is 20.3. The molecule has 3 aliphatic heterocycles. The van der Waals surface area contributed by atoms with Crippen LogP contribution in [0.5, 0.6) is 5.75 Å². The standard InChI is InChI=1S/C42H55NO16/c1-8-42(52)16-27(31-20(35(42)41(51)53-7)13-21-32(37(31)49)38(50)34-25(46)10-9-24(45)33(34)36(21)48)57-29-14-22(43(5)6)39(18(3)55-29)59-30-15-26(47)40(19(4)56-30)58-28-12-11-23(44)17(2)54-28/h9-10,13,17-19,22,24-30,35,39-40,45-47,49,52H,8,11-12,14-16H2,1-7H3/t17-,18-,19-,22-,24?,25?,26-,27-,28-,29-,30-,35-,39+,40+,42+/m0/s1. The molecule has 0 saturated carbocycles. The summed E-state index contributed by atoms with van der Waals surface area (Å²) in [6.45, 7) is 6.90. The molecule has 5 N–H and O–H groups in total. The minimum absolute atomic E-state index is 0.000157. The highest BCUT2D eigenvalue weighted by atomic mass is 16.7. The maximum atomic E-state index is 14.0. The van der Waals surface area contributed by atoms with Crippen molar-refractivity contribution in [2.45, 2.75) is 158 Å². The van der Waals surface area contributed by atoms with E-state index in [0.29, 0.717) is 12.8 Å². The van der Waals surface area contributed by atoms with Crippen molar-refractivity contribution < 1.29 is 77.9 Å². The fourth-order valence-electron chi connectivity index (χ4n) is 9.55. The molecule has 15 atom stereocenters. The lowest BCUT2D eigenvalue weighted by molar-refractivity contribution is -0.324. The van der Waals surface area contributed by atoms with E-state index in [-0.39, 0.29) is 65.3 Å². The van der Waals surface area contributed by atoms with Gasteiger partial charge >= 0.3 is 5.97 Å². The second-order valence-electron chi connectivity index (χ2n) is 16.7. The Hall–Kier alpha value is -3.46. The molecule has 0 spiro atoms. The molecule has 0 radical (unpaired) electrons. The molecule has 2 unspecified atom stereocenters. The quantitative estimate of drug-likeness (QED) is 0.176. The molecule has 324 valence electrons. The number of esters is 1. The Bertz CT molecular complexity index is 1900. The van der Waals surface area contributed by atoms with Gasteiger partial charge in [-0.25, -0.2) is 0 Å². The summed E-state index contributed by atoms with van der Waals surface area (Å²) < 4.78 is 42.6. The zero-order valence-electron chi connectivity index (χ0n) is 34.2. The van der Waals surface area contributed by atoms with Crippen molar-refractivity contribution in [1.29, 1.82) is 0 Å². The topological polar surface area (TPSA) is 237 Å². The molecular weight excluding hydrogens is 774 g/mol. The van der Waals surface area contributed by atoms with Crippen molar-refractivity contribution in [3.05, 3.63) is 51.6 Å². The third-order valence-electron chi connectivity index (χ3n) is 12.8. The molecule has 3 aliphatic carbocycles. The molecule has 1 aromatic carbocycles. The average molecular weight is 830 g/mol. The maximum Gasteiger partial charge on any atom is 0.316 e. The maximum absolute atomic E-state index is 14.0. The van der Waals surface area contributed by atoms with Crippen LogP contribution in [0.1, 0.15) is 110 Å². The highest BCUT2D eigenvalue weighted by molar-refractivity contribution is 6.29. The van der Waals surface area contributed by atoms with Crippen molar-refractivity contribution >= 4 is 23.3 Å². The van der Waals surface area contributed by atoms with Crippen LogP contribution >= 0.6 is 0 Å². The van der Waals surface area contributed by atoms with Crippen LogP contribution in [0, 0.1) is 0 Å². The van der Waals surface area contributed by atoms with Crippen molar-refractivity contribution in [3.63, 3.8) is 0 Å². The number of Topliss-reactive ketones (excluding diaryl/α,β-unsaturated/α-hetero) is 3. The Morgan fingerprint density at radius 1 is 0.881 bits per heavy atom. The second kappa shape index (κ2) is 16.8. The molecule has 17 heteroatoms. The van der Waals surface area contributed by atoms with E-state index in [2.05, 4.69) is 0 Å². The number of benzene rings is 1. The number of phenolic OH excluding ortho intramolecular Hbond substituents is 1. The minimum Gasteiger partial charge on any atom is -0.507 e. The predicted molar refractivity (Wildman–Crippen MR) is 203 cm³/mol. The van der Waals surface area contributed by atoms with Crippen LogP contribution in [0.3, 0.4) is 0 Å². The fraction of sp³-hybridized carbons (Fsp3) is 0.667. The molecule has 17 nitrogen and oxygen atoms in total. The average Bonchev–Trinajstić information content (AvgIpc) is 3.17. The zero-order chi connectivity index (χ0) is 42.8.